The van der Waals surface area contributed by atoms with E-state index in [1.165, 1.54) is 0 Å². The number of carbonyl (C=O) groups is 1. The van der Waals surface area contributed by atoms with Gasteiger partial charge in [0, 0.05) is 24.7 Å². The van der Waals surface area contributed by atoms with E-state index < -0.39 is 11.7 Å². The summed E-state index contributed by atoms with van der Waals surface area (Å²) in [4.78, 5) is 26.3. The minimum absolute atomic E-state index is 0.0209. The molecule has 8 nitrogen and oxygen atoms in total. The Bertz CT molecular complexity index is 998. The standard InChI is InChI=1S/C19H25N5O3/c1-11(25)17-22-14-9-21-16-13(5-7-20-16)15(14)24(17)12-6-8-23(10-12)18(26)27-19(2,3)4/h5,7,9,11-12,25H,6,8,10H2,1-4H3,(H,20,21). The Balaban J connectivity index is 1.74. The topological polar surface area (TPSA) is 96.3 Å². The predicted octanol–water partition coefficient (Wildman–Crippen LogP) is 3.15. The van der Waals surface area contributed by atoms with Crippen molar-refractivity contribution in [1.29, 1.82) is 0 Å². The molecule has 0 radical (unpaired) electrons. The molecule has 144 valence electrons. The van der Waals surface area contributed by atoms with E-state index in [0.29, 0.717) is 18.9 Å². The van der Waals surface area contributed by atoms with Gasteiger partial charge in [-0.3, -0.25) is 0 Å². The van der Waals surface area contributed by atoms with Crippen molar-refractivity contribution in [1.82, 2.24) is 24.4 Å². The summed E-state index contributed by atoms with van der Waals surface area (Å²) in [5.41, 5.74) is 1.94. The number of fused-ring (bicyclic) bond motifs is 3. The zero-order valence-electron chi connectivity index (χ0n) is 16.1. The first-order chi connectivity index (χ1) is 12.7. The van der Waals surface area contributed by atoms with E-state index >= 15 is 0 Å². The Morgan fingerprint density at radius 1 is 1.44 bits per heavy atom. The molecule has 3 aromatic heterocycles. The molecular weight excluding hydrogens is 346 g/mol. The van der Waals surface area contributed by atoms with Crippen LogP contribution in [0.25, 0.3) is 22.1 Å². The number of likely N-dealkylation sites (tertiary alicyclic amines) is 1. The molecule has 3 aromatic rings. The second-order valence-electron chi connectivity index (χ2n) is 8.12. The lowest BCUT2D eigenvalue weighted by molar-refractivity contribution is 0.0289. The molecule has 1 saturated heterocycles. The van der Waals surface area contributed by atoms with Gasteiger partial charge in [-0.2, -0.15) is 0 Å². The zero-order chi connectivity index (χ0) is 19.3. The first-order valence-electron chi connectivity index (χ1n) is 9.24. The lowest BCUT2D eigenvalue weighted by atomic mass is 10.2. The number of aliphatic hydroxyl groups is 1. The SMILES string of the molecule is CC(O)c1nc2cnc3[nH]ccc3c2n1C1CCN(C(=O)OC(C)(C)C)C1. The van der Waals surface area contributed by atoms with Gasteiger partial charge in [-0.25, -0.2) is 14.8 Å². The van der Waals surface area contributed by atoms with Crippen molar-refractivity contribution >= 4 is 28.2 Å². The quantitative estimate of drug-likeness (QED) is 0.721. The Morgan fingerprint density at radius 3 is 2.93 bits per heavy atom. The minimum Gasteiger partial charge on any atom is -0.444 e. The van der Waals surface area contributed by atoms with Gasteiger partial charge in [0.05, 0.1) is 17.8 Å². The van der Waals surface area contributed by atoms with Crippen LogP contribution in [0.1, 0.15) is 52.1 Å². The number of hydrogen-bond acceptors (Lipinski definition) is 5. The molecule has 1 aliphatic rings. The predicted molar refractivity (Wildman–Crippen MR) is 101 cm³/mol. The van der Waals surface area contributed by atoms with Crippen molar-refractivity contribution < 1.29 is 14.6 Å². The number of ether oxygens (including phenoxy) is 1. The van der Waals surface area contributed by atoms with Crippen LogP contribution in [-0.4, -0.2) is 54.3 Å². The van der Waals surface area contributed by atoms with E-state index in [2.05, 4.69) is 19.5 Å². The van der Waals surface area contributed by atoms with Crippen LogP contribution < -0.4 is 0 Å². The summed E-state index contributed by atoms with van der Waals surface area (Å²) in [5, 5.41) is 11.3. The monoisotopic (exact) mass is 371 g/mol. The van der Waals surface area contributed by atoms with Crippen LogP contribution in [0.3, 0.4) is 0 Å². The summed E-state index contributed by atoms with van der Waals surface area (Å²) in [7, 11) is 0. The third-order valence-electron chi connectivity index (χ3n) is 4.82. The van der Waals surface area contributed by atoms with E-state index in [0.717, 1.165) is 28.5 Å². The van der Waals surface area contributed by atoms with Crippen LogP contribution >= 0.6 is 0 Å². The van der Waals surface area contributed by atoms with E-state index in [1.54, 1.807) is 18.0 Å². The van der Waals surface area contributed by atoms with Crippen LogP contribution in [0.4, 0.5) is 4.79 Å². The number of hydrogen-bond donors (Lipinski definition) is 2. The molecule has 4 rings (SSSR count). The highest BCUT2D eigenvalue weighted by atomic mass is 16.6. The first-order valence-corrected chi connectivity index (χ1v) is 9.24. The summed E-state index contributed by atoms with van der Waals surface area (Å²) in [5.74, 6) is 0.594. The molecule has 1 amide bonds. The normalized spacial score (nSPS) is 19.1. The fourth-order valence-electron chi connectivity index (χ4n) is 3.72. The van der Waals surface area contributed by atoms with Gasteiger partial charge in [-0.15, -0.1) is 0 Å². The van der Waals surface area contributed by atoms with Gasteiger partial charge in [0.25, 0.3) is 0 Å². The molecule has 4 heterocycles. The summed E-state index contributed by atoms with van der Waals surface area (Å²) >= 11 is 0. The van der Waals surface area contributed by atoms with Crippen molar-refractivity contribution in [2.75, 3.05) is 13.1 Å². The lowest BCUT2D eigenvalue weighted by Crippen LogP contribution is -2.35. The Kier molecular flexibility index (Phi) is 4.10. The van der Waals surface area contributed by atoms with Gasteiger partial charge < -0.3 is 24.3 Å². The van der Waals surface area contributed by atoms with Crippen molar-refractivity contribution in [3.63, 3.8) is 0 Å². The van der Waals surface area contributed by atoms with Crippen LogP contribution in [0.2, 0.25) is 0 Å². The molecule has 1 aliphatic heterocycles. The highest BCUT2D eigenvalue weighted by Crippen LogP contribution is 2.34. The van der Waals surface area contributed by atoms with Crippen LogP contribution in [0.15, 0.2) is 18.5 Å². The molecule has 0 aromatic carbocycles. The van der Waals surface area contributed by atoms with Gasteiger partial charge in [-0.1, -0.05) is 0 Å². The molecule has 2 atom stereocenters. The zero-order valence-corrected chi connectivity index (χ0v) is 16.1. The Morgan fingerprint density at radius 2 is 2.22 bits per heavy atom. The number of carbonyl (C=O) groups excluding carboxylic acids is 1. The van der Waals surface area contributed by atoms with Gasteiger partial charge in [0.2, 0.25) is 0 Å². The lowest BCUT2D eigenvalue weighted by Gasteiger charge is -2.25. The second-order valence-corrected chi connectivity index (χ2v) is 8.12. The number of rotatable bonds is 2. The average Bonchev–Trinajstić information content (AvgIpc) is 3.29. The number of aromatic amines is 1. The van der Waals surface area contributed by atoms with Crippen molar-refractivity contribution in [3.8, 4) is 0 Å². The molecular formula is C19H25N5O3. The second kappa shape index (κ2) is 6.23. The van der Waals surface area contributed by atoms with Crippen LogP contribution in [0.5, 0.6) is 0 Å². The van der Waals surface area contributed by atoms with Gasteiger partial charge in [0.15, 0.2) is 0 Å². The van der Waals surface area contributed by atoms with E-state index in [4.69, 9.17) is 4.74 Å². The Hall–Kier alpha value is -2.61. The molecule has 1 fully saturated rings. The molecule has 0 spiro atoms. The third kappa shape index (κ3) is 3.14. The minimum atomic E-state index is -0.720. The number of amides is 1. The van der Waals surface area contributed by atoms with Crippen LogP contribution in [-0.2, 0) is 4.74 Å². The maximum absolute atomic E-state index is 12.4. The number of aromatic nitrogens is 4. The number of imidazole rings is 1. The first kappa shape index (κ1) is 17.8. The maximum Gasteiger partial charge on any atom is 0.410 e. The maximum atomic E-state index is 12.4. The highest BCUT2D eigenvalue weighted by Gasteiger charge is 2.33. The molecule has 2 unspecified atom stereocenters. The van der Waals surface area contributed by atoms with E-state index in [1.807, 2.05) is 33.0 Å². The molecule has 8 heteroatoms. The van der Waals surface area contributed by atoms with E-state index in [9.17, 15) is 9.90 Å². The van der Waals surface area contributed by atoms with Crippen molar-refractivity contribution in [3.05, 3.63) is 24.3 Å². The van der Waals surface area contributed by atoms with Gasteiger partial charge >= 0.3 is 6.09 Å². The van der Waals surface area contributed by atoms with Crippen LogP contribution in [0, 0.1) is 0 Å². The average molecular weight is 371 g/mol. The molecule has 27 heavy (non-hydrogen) atoms. The molecule has 0 bridgehead atoms. The number of pyridine rings is 1. The summed E-state index contributed by atoms with van der Waals surface area (Å²) in [6.45, 7) is 8.43. The summed E-state index contributed by atoms with van der Waals surface area (Å²) in [6, 6.07) is 1.99. The smallest absolute Gasteiger partial charge is 0.410 e. The van der Waals surface area contributed by atoms with E-state index in [-0.39, 0.29) is 12.1 Å². The third-order valence-corrected chi connectivity index (χ3v) is 4.82. The molecule has 2 N–H and O–H groups in total. The number of aliphatic hydroxyl groups excluding tert-OH is 1. The number of nitrogens with zero attached hydrogens (tertiary/aromatic N) is 4. The molecule has 0 aliphatic carbocycles. The summed E-state index contributed by atoms with van der Waals surface area (Å²) in [6.07, 6.45) is 3.32. The molecule has 0 saturated carbocycles. The fourth-order valence-corrected chi connectivity index (χ4v) is 3.72. The largest absolute Gasteiger partial charge is 0.444 e. The number of H-pyrrole nitrogens is 1. The number of nitrogens with one attached hydrogen (secondary N) is 1. The highest BCUT2D eigenvalue weighted by molar-refractivity contribution is 6.01. The summed E-state index contributed by atoms with van der Waals surface area (Å²) < 4.78 is 7.58. The Labute approximate surface area is 157 Å². The van der Waals surface area contributed by atoms with Crippen molar-refractivity contribution in [2.45, 2.75) is 51.9 Å². The van der Waals surface area contributed by atoms with Gasteiger partial charge in [-0.05, 0) is 40.2 Å². The van der Waals surface area contributed by atoms with Crippen molar-refractivity contribution in [2.24, 2.45) is 0 Å². The van der Waals surface area contributed by atoms with Gasteiger partial charge in [0.1, 0.15) is 28.7 Å². The fraction of sp³-hybridized carbons (Fsp3) is 0.526.